The third-order valence-electron chi connectivity index (χ3n) is 1.87. The molecule has 5 nitrogen and oxygen atoms in total. The summed E-state index contributed by atoms with van der Waals surface area (Å²) in [4.78, 5) is 15.4. The monoisotopic (exact) mass is 210 g/mol. The molecule has 1 rings (SSSR count). The smallest absolute Gasteiger partial charge is 0.240 e. The SMILES string of the molecule is CNCC(=O)Nc1nccn1CC(C)C. The van der Waals surface area contributed by atoms with Gasteiger partial charge in [0.05, 0.1) is 6.54 Å². The van der Waals surface area contributed by atoms with Gasteiger partial charge in [0, 0.05) is 18.9 Å². The van der Waals surface area contributed by atoms with Gasteiger partial charge >= 0.3 is 0 Å². The summed E-state index contributed by atoms with van der Waals surface area (Å²) in [5.41, 5.74) is 0. The van der Waals surface area contributed by atoms with Crippen LogP contribution in [0.5, 0.6) is 0 Å². The maximum absolute atomic E-state index is 11.3. The largest absolute Gasteiger partial charge is 0.317 e. The molecule has 0 unspecified atom stereocenters. The summed E-state index contributed by atoms with van der Waals surface area (Å²) in [6, 6.07) is 0. The summed E-state index contributed by atoms with van der Waals surface area (Å²) in [5, 5.41) is 5.54. The highest BCUT2D eigenvalue weighted by molar-refractivity contribution is 5.90. The molecule has 0 saturated heterocycles. The fourth-order valence-corrected chi connectivity index (χ4v) is 1.30. The van der Waals surface area contributed by atoms with Gasteiger partial charge in [-0.25, -0.2) is 4.98 Å². The molecule has 0 radical (unpaired) electrons. The van der Waals surface area contributed by atoms with Crippen molar-refractivity contribution in [3.63, 3.8) is 0 Å². The fourth-order valence-electron chi connectivity index (χ4n) is 1.30. The molecule has 0 aliphatic carbocycles. The number of likely N-dealkylation sites (N-methyl/N-ethyl adjacent to an activating group) is 1. The van der Waals surface area contributed by atoms with Crippen molar-refractivity contribution in [1.29, 1.82) is 0 Å². The van der Waals surface area contributed by atoms with Crippen molar-refractivity contribution in [3.8, 4) is 0 Å². The molecule has 15 heavy (non-hydrogen) atoms. The molecule has 0 aromatic carbocycles. The molecule has 1 amide bonds. The molecule has 1 heterocycles. The molecule has 0 fully saturated rings. The molecule has 1 aromatic rings. The molecule has 2 N–H and O–H groups in total. The number of rotatable bonds is 5. The summed E-state index contributed by atoms with van der Waals surface area (Å²) in [5.74, 6) is 1.07. The number of nitrogens with zero attached hydrogens (tertiary/aromatic N) is 2. The van der Waals surface area contributed by atoms with Gasteiger partial charge in [-0.3, -0.25) is 10.1 Å². The minimum absolute atomic E-state index is 0.0753. The van der Waals surface area contributed by atoms with Gasteiger partial charge in [0.2, 0.25) is 11.9 Å². The van der Waals surface area contributed by atoms with E-state index >= 15 is 0 Å². The molecule has 1 aromatic heterocycles. The highest BCUT2D eigenvalue weighted by Gasteiger charge is 2.07. The molecule has 84 valence electrons. The first-order chi connectivity index (χ1) is 7.13. The minimum Gasteiger partial charge on any atom is -0.317 e. The predicted octanol–water partition coefficient (Wildman–Crippen LogP) is 0.697. The van der Waals surface area contributed by atoms with Crippen LogP contribution in [0.2, 0.25) is 0 Å². The van der Waals surface area contributed by atoms with Gasteiger partial charge in [-0.05, 0) is 13.0 Å². The van der Waals surface area contributed by atoms with Crippen molar-refractivity contribution in [2.45, 2.75) is 20.4 Å². The molecule has 5 heteroatoms. The first-order valence-electron chi connectivity index (χ1n) is 5.09. The molecule has 0 spiro atoms. The number of amides is 1. The van der Waals surface area contributed by atoms with Crippen LogP contribution in [0.4, 0.5) is 5.95 Å². The first kappa shape index (κ1) is 11.7. The van der Waals surface area contributed by atoms with Gasteiger partial charge in [-0.2, -0.15) is 0 Å². The maximum Gasteiger partial charge on any atom is 0.240 e. The van der Waals surface area contributed by atoms with Crippen LogP contribution >= 0.6 is 0 Å². The van der Waals surface area contributed by atoms with Gasteiger partial charge in [0.25, 0.3) is 0 Å². The number of carbonyl (C=O) groups excluding carboxylic acids is 1. The number of imidazole rings is 1. The van der Waals surface area contributed by atoms with E-state index < -0.39 is 0 Å². The number of hydrogen-bond donors (Lipinski definition) is 2. The Balaban J connectivity index is 2.60. The number of carbonyl (C=O) groups is 1. The standard InChI is InChI=1S/C10H18N4O/c1-8(2)7-14-5-4-12-10(14)13-9(15)6-11-3/h4-5,8,11H,6-7H2,1-3H3,(H,12,13,15). The third-order valence-corrected chi connectivity index (χ3v) is 1.87. The number of aromatic nitrogens is 2. The summed E-state index contributed by atoms with van der Waals surface area (Å²) in [6.07, 6.45) is 3.56. The average molecular weight is 210 g/mol. The number of hydrogen-bond acceptors (Lipinski definition) is 3. The van der Waals surface area contributed by atoms with Crippen molar-refractivity contribution in [3.05, 3.63) is 12.4 Å². The second-order valence-corrected chi connectivity index (χ2v) is 3.88. The lowest BCUT2D eigenvalue weighted by atomic mass is 10.2. The summed E-state index contributed by atoms with van der Waals surface area (Å²) < 4.78 is 1.94. The van der Waals surface area contributed by atoms with Crippen molar-refractivity contribution >= 4 is 11.9 Å². The minimum atomic E-state index is -0.0753. The Kier molecular flexibility index (Phi) is 4.30. The van der Waals surface area contributed by atoms with Crippen LogP contribution in [-0.4, -0.2) is 29.1 Å². The first-order valence-corrected chi connectivity index (χ1v) is 5.09. The van der Waals surface area contributed by atoms with E-state index in [0.717, 1.165) is 6.54 Å². The zero-order valence-corrected chi connectivity index (χ0v) is 9.45. The van der Waals surface area contributed by atoms with Crippen LogP contribution in [0.3, 0.4) is 0 Å². The van der Waals surface area contributed by atoms with Crippen LogP contribution in [-0.2, 0) is 11.3 Å². The Labute approximate surface area is 89.9 Å². The van der Waals surface area contributed by atoms with Gasteiger partial charge in [0.1, 0.15) is 0 Å². The normalized spacial score (nSPS) is 10.7. The summed E-state index contributed by atoms with van der Waals surface area (Å²) >= 11 is 0. The van der Waals surface area contributed by atoms with Crippen molar-refractivity contribution in [1.82, 2.24) is 14.9 Å². The Hall–Kier alpha value is -1.36. The Morgan fingerprint density at radius 1 is 1.60 bits per heavy atom. The topological polar surface area (TPSA) is 59.0 Å². The zero-order valence-electron chi connectivity index (χ0n) is 9.45. The van der Waals surface area contributed by atoms with Crippen LogP contribution in [0.25, 0.3) is 0 Å². The van der Waals surface area contributed by atoms with E-state index in [1.807, 2.05) is 10.8 Å². The Morgan fingerprint density at radius 3 is 2.93 bits per heavy atom. The third kappa shape index (κ3) is 3.71. The van der Waals surface area contributed by atoms with E-state index in [1.165, 1.54) is 0 Å². The second-order valence-electron chi connectivity index (χ2n) is 3.88. The molecule has 0 aliphatic heterocycles. The Bertz CT molecular complexity index is 319. The fraction of sp³-hybridized carbons (Fsp3) is 0.600. The molecular weight excluding hydrogens is 192 g/mol. The van der Waals surface area contributed by atoms with Crippen molar-refractivity contribution in [2.24, 2.45) is 5.92 Å². The van der Waals surface area contributed by atoms with Gasteiger partial charge in [0.15, 0.2) is 0 Å². The quantitative estimate of drug-likeness (QED) is 0.752. The maximum atomic E-state index is 11.3. The van der Waals surface area contributed by atoms with Crippen molar-refractivity contribution in [2.75, 3.05) is 18.9 Å². The van der Waals surface area contributed by atoms with Crippen LogP contribution in [0.15, 0.2) is 12.4 Å². The number of anilines is 1. The van der Waals surface area contributed by atoms with E-state index in [0.29, 0.717) is 18.4 Å². The zero-order chi connectivity index (χ0) is 11.3. The van der Waals surface area contributed by atoms with Gasteiger partial charge in [-0.1, -0.05) is 13.8 Å². The lowest BCUT2D eigenvalue weighted by molar-refractivity contribution is -0.115. The van der Waals surface area contributed by atoms with E-state index in [1.54, 1.807) is 13.2 Å². The highest BCUT2D eigenvalue weighted by atomic mass is 16.2. The highest BCUT2D eigenvalue weighted by Crippen LogP contribution is 2.07. The van der Waals surface area contributed by atoms with E-state index in [-0.39, 0.29) is 5.91 Å². The average Bonchev–Trinajstić information content (AvgIpc) is 2.52. The predicted molar refractivity (Wildman–Crippen MR) is 59.6 cm³/mol. The van der Waals surface area contributed by atoms with Crippen LogP contribution in [0.1, 0.15) is 13.8 Å². The molecule has 0 bridgehead atoms. The van der Waals surface area contributed by atoms with Crippen molar-refractivity contribution < 1.29 is 4.79 Å². The summed E-state index contributed by atoms with van der Waals surface area (Å²) in [7, 11) is 1.74. The lowest BCUT2D eigenvalue weighted by Crippen LogP contribution is -2.26. The Morgan fingerprint density at radius 2 is 2.33 bits per heavy atom. The number of nitrogens with one attached hydrogen (secondary N) is 2. The van der Waals surface area contributed by atoms with Gasteiger partial charge in [-0.15, -0.1) is 0 Å². The van der Waals surface area contributed by atoms with Gasteiger partial charge < -0.3 is 9.88 Å². The second kappa shape index (κ2) is 5.50. The van der Waals surface area contributed by atoms with Crippen LogP contribution < -0.4 is 10.6 Å². The van der Waals surface area contributed by atoms with Crippen LogP contribution in [0, 0.1) is 5.92 Å². The molecule has 0 saturated carbocycles. The molecular formula is C10H18N4O. The lowest BCUT2D eigenvalue weighted by Gasteiger charge is -2.10. The molecule has 0 atom stereocenters. The summed E-state index contributed by atoms with van der Waals surface area (Å²) in [6.45, 7) is 5.40. The van der Waals surface area contributed by atoms with E-state index in [2.05, 4.69) is 29.5 Å². The molecule has 0 aliphatic rings. The van der Waals surface area contributed by atoms with E-state index in [9.17, 15) is 4.79 Å². The van der Waals surface area contributed by atoms with E-state index in [4.69, 9.17) is 0 Å².